The van der Waals surface area contributed by atoms with Crippen LogP contribution in [-0.4, -0.2) is 45.8 Å². The molecule has 1 atom stereocenters. The lowest BCUT2D eigenvalue weighted by Gasteiger charge is -2.16. The normalized spacial score (nSPS) is 19.2. The fourth-order valence-electron chi connectivity index (χ4n) is 2.69. The van der Waals surface area contributed by atoms with Crippen molar-refractivity contribution in [1.29, 1.82) is 0 Å². The van der Waals surface area contributed by atoms with E-state index in [-0.39, 0.29) is 12.5 Å². The molecule has 0 radical (unpaired) electrons. The second-order valence-electron chi connectivity index (χ2n) is 5.09. The Hall–Kier alpha value is -1.88. The van der Waals surface area contributed by atoms with Gasteiger partial charge in [0.05, 0.1) is 11.7 Å². The molecule has 1 saturated heterocycles. The molecule has 3 rings (SSSR count). The molecule has 0 bridgehead atoms. The molecule has 1 fully saturated rings. The van der Waals surface area contributed by atoms with E-state index in [1.54, 1.807) is 6.20 Å². The summed E-state index contributed by atoms with van der Waals surface area (Å²) in [5.74, 6) is 0.502. The van der Waals surface area contributed by atoms with Crippen LogP contribution in [0.25, 0.3) is 10.9 Å². The molecule has 1 aromatic heterocycles. The van der Waals surface area contributed by atoms with E-state index in [1.807, 2.05) is 23.1 Å². The summed E-state index contributed by atoms with van der Waals surface area (Å²) >= 11 is 0. The third-order valence-corrected chi connectivity index (χ3v) is 3.80. The number of nitrogens with one attached hydrogen (secondary N) is 1. The Bertz CT molecular complexity index is 593. The van der Waals surface area contributed by atoms with Crippen molar-refractivity contribution in [2.45, 2.75) is 12.8 Å². The molecule has 19 heavy (non-hydrogen) atoms. The number of aromatic amines is 1. The molecule has 1 aliphatic rings. The van der Waals surface area contributed by atoms with Crippen molar-refractivity contribution in [1.82, 2.24) is 15.1 Å². The second kappa shape index (κ2) is 5.01. The Morgan fingerprint density at radius 3 is 3.26 bits per heavy atom. The number of benzene rings is 1. The maximum atomic E-state index is 12.4. The van der Waals surface area contributed by atoms with Crippen LogP contribution in [0.1, 0.15) is 23.2 Å². The summed E-state index contributed by atoms with van der Waals surface area (Å²) in [6.07, 6.45) is 3.51. The van der Waals surface area contributed by atoms with Crippen LogP contribution in [0.15, 0.2) is 24.4 Å². The van der Waals surface area contributed by atoms with Gasteiger partial charge in [-0.05, 0) is 30.9 Å². The molecule has 1 aromatic carbocycles. The van der Waals surface area contributed by atoms with Crippen molar-refractivity contribution < 1.29 is 9.90 Å². The van der Waals surface area contributed by atoms with Crippen LogP contribution < -0.4 is 0 Å². The summed E-state index contributed by atoms with van der Waals surface area (Å²) in [5, 5.41) is 16.8. The molecule has 1 amide bonds. The highest BCUT2D eigenvalue weighted by Gasteiger charge is 2.26. The lowest BCUT2D eigenvalue weighted by atomic mass is 10.1. The minimum Gasteiger partial charge on any atom is -0.396 e. The predicted octanol–water partition coefficient (Wildman–Crippen LogP) is 1.41. The van der Waals surface area contributed by atoms with Crippen LogP contribution >= 0.6 is 0 Å². The van der Waals surface area contributed by atoms with Gasteiger partial charge in [-0.3, -0.25) is 9.89 Å². The maximum absolute atomic E-state index is 12.4. The highest BCUT2D eigenvalue weighted by Crippen LogP contribution is 2.22. The monoisotopic (exact) mass is 259 g/mol. The Labute approximate surface area is 111 Å². The van der Waals surface area contributed by atoms with Gasteiger partial charge in [-0.25, -0.2) is 0 Å². The van der Waals surface area contributed by atoms with Crippen LogP contribution in [0.3, 0.4) is 0 Å². The smallest absolute Gasteiger partial charge is 0.253 e. The van der Waals surface area contributed by atoms with Crippen LogP contribution in [0, 0.1) is 5.92 Å². The standard InChI is InChI=1S/C14H17N3O2/c18-6-4-10-3-5-17(9-10)14(19)11-1-2-12-8-15-16-13(12)7-11/h1-2,7-8,10,18H,3-6,9H2,(H,15,16). The molecular weight excluding hydrogens is 242 g/mol. The summed E-state index contributed by atoms with van der Waals surface area (Å²) in [7, 11) is 0. The van der Waals surface area contributed by atoms with Crippen molar-refractivity contribution in [2.24, 2.45) is 5.92 Å². The van der Waals surface area contributed by atoms with Crippen LogP contribution in [-0.2, 0) is 0 Å². The SMILES string of the molecule is O=C(c1ccc2cn[nH]c2c1)N1CCC(CCO)C1. The number of fused-ring (bicyclic) bond motifs is 1. The van der Waals surface area contributed by atoms with E-state index >= 15 is 0 Å². The second-order valence-corrected chi connectivity index (χ2v) is 5.09. The van der Waals surface area contributed by atoms with Gasteiger partial charge < -0.3 is 10.0 Å². The molecule has 2 N–H and O–H groups in total. The molecule has 5 nitrogen and oxygen atoms in total. The quantitative estimate of drug-likeness (QED) is 0.875. The Morgan fingerprint density at radius 2 is 2.42 bits per heavy atom. The van der Waals surface area contributed by atoms with E-state index in [1.165, 1.54) is 0 Å². The summed E-state index contributed by atoms with van der Waals surface area (Å²) in [6, 6.07) is 5.61. The lowest BCUT2D eigenvalue weighted by Crippen LogP contribution is -2.28. The van der Waals surface area contributed by atoms with E-state index in [4.69, 9.17) is 5.11 Å². The number of carbonyl (C=O) groups excluding carboxylic acids is 1. The van der Waals surface area contributed by atoms with Crippen molar-refractivity contribution in [3.05, 3.63) is 30.0 Å². The maximum Gasteiger partial charge on any atom is 0.253 e. The zero-order valence-corrected chi connectivity index (χ0v) is 10.7. The fraction of sp³-hybridized carbons (Fsp3) is 0.429. The van der Waals surface area contributed by atoms with Gasteiger partial charge in [-0.15, -0.1) is 0 Å². The first kappa shape index (κ1) is 12.2. The fourth-order valence-corrected chi connectivity index (χ4v) is 2.69. The summed E-state index contributed by atoms with van der Waals surface area (Å²) in [5.41, 5.74) is 1.58. The zero-order valence-electron chi connectivity index (χ0n) is 10.7. The van der Waals surface area contributed by atoms with Crippen LogP contribution in [0.4, 0.5) is 0 Å². The molecule has 1 aliphatic heterocycles. The minimum atomic E-state index is 0.0666. The minimum absolute atomic E-state index is 0.0666. The average molecular weight is 259 g/mol. The number of nitrogens with zero attached hydrogens (tertiary/aromatic N) is 2. The number of hydrogen-bond acceptors (Lipinski definition) is 3. The van der Waals surface area contributed by atoms with Crippen molar-refractivity contribution >= 4 is 16.8 Å². The Morgan fingerprint density at radius 1 is 1.53 bits per heavy atom. The topological polar surface area (TPSA) is 69.2 Å². The third-order valence-electron chi connectivity index (χ3n) is 3.80. The average Bonchev–Trinajstić information content (AvgIpc) is 3.05. The molecule has 2 aromatic rings. The first-order chi connectivity index (χ1) is 9.28. The highest BCUT2D eigenvalue weighted by molar-refractivity contribution is 5.97. The largest absolute Gasteiger partial charge is 0.396 e. The van der Waals surface area contributed by atoms with Gasteiger partial charge in [0.1, 0.15) is 0 Å². The van der Waals surface area contributed by atoms with E-state index in [0.29, 0.717) is 11.5 Å². The number of H-pyrrole nitrogens is 1. The van der Waals surface area contributed by atoms with E-state index in [0.717, 1.165) is 36.8 Å². The van der Waals surface area contributed by atoms with Gasteiger partial charge in [-0.2, -0.15) is 5.10 Å². The van der Waals surface area contributed by atoms with E-state index < -0.39 is 0 Å². The number of aromatic nitrogens is 2. The molecule has 1 unspecified atom stereocenters. The molecule has 0 spiro atoms. The number of amides is 1. The van der Waals surface area contributed by atoms with Crippen molar-refractivity contribution in [2.75, 3.05) is 19.7 Å². The molecular formula is C14H17N3O2. The summed E-state index contributed by atoms with van der Waals surface area (Å²) in [6.45, 7) is 1.73. The van der Waals surface area contributed by atoms with Crippen LogP contribution in [0.2, 0.25) is 0 Å². The Kier molecular flexibility index (Phi) is 3.21. The summed E-state index contributed by atoms with van der Waals surface area (Å²) in [4.78, 5) is 14.3. The number of carbonyl (C=O) groups is 1. The van der Waals surface area contributed by atoms with Crippen molar-refractivity contribution in [3.8, 4) is 0 Å². The number of aliphatic hydroxyl groups excluding tert-OH is 1. The van der Waals surface area contributed by atoms with E-state index in [9.17, 15) is 4.79 Å². The zero-order chi connectivity index (χ0) is 13.2. The number of likely N-dealkylation sites (tertiary alicyclic amines) is 1. The third kappa shape index (κ3) is 2.33. The number of aliphatic hydroxyl groups is 1. The first-order valence-electron chi connectivity index (χ1n) is 6.61. The van der Waals surface area contributed by atoms with E-state index in [2.05, 4.69) is 10.2 Å². The van der Waals surface area contributed by atoms with Crippen molar-refractivity contribution in [3.63, 3.8) is 0 Å². The molecule has 0 saturated carbocycles. The Balaban J connectivity index is 1.76. The van der Waals surface area contributed by atoms with Gasteiger partial charge in [0.25, 0.3) is 5.91 Å². The predicted molar refractivity (Wildman–Crippen MR) is 71.8 cm³/mol. The number of rotatable bonds is 3. The van der Waals surface area contributed by atoms with Gasteiger partial charge in [0, 0.05) is 30.6 Å². The molecule has 5 heteroatoms. The van der Waals surface area contributed by atoms with Gasteiger partial charge >= 0.3 is 0 Å². The summed E-state index contributed by atoms with van der Waals surface area (Å²) < 4.78 is 0. The number of hydrogen-bond donors (Lipinski definition) is 2. The van der Waals surface area contributed by atoms with Gasteiger partial charge in [0.2, 0.25) is 0 Å². The molecule has 100 valence electrons. The first-order valence-corrected chi connectivity index (χ1v) is 6.61. The van der Waals surface area contributed by atoms with Gasteiger partial charge in [0.15, 0.2) is 0 Å². The molecule has 2 heterocycles. The van der Waals surface area contributed by atoms with Gasteiger partial charge in [-0.1, -0.05) is 6.07 Å². The lowest BCUT2D eigenvalue weighted by molar-refractivity contribution is 0.0785. The molecule has 0 aliphatic carbocycles. The highest BCUT2D eigenvalue weighted by atomic mass is 16.3. The van der Waals surface area contributed by atoms with Crippen LogP contribution in [0.5, 0.6) is 0 Å².